The van der Waals surface area contributed by atoms with Crippen molar-refractivity contribution in [1.29, 1.82) is 0 Å². The predicted molar refractivity (Wildman–Crippen MR) is 66.7 cm³/mol. The number of carbonyl (C=O) groups is 3. The number of carboxylic acid groups (broad SMARTS) is 1. The Hall–Kier alpha value is -1.96. The van der Waals surface area contributed by atoms with Crippen molar-refractivity contribution in [3.8, 4) is 0 Å². The van der Waals surface area contributed by atoms with Gasteiger partial charge in [-0.15, -0.1) is 11.3 Å². The number of nitrogens with one attached hydrogen (secondary N) is 2. The number of nitrogens with zero attached hydrogens (tertiary/aromatic N) is 1. The minimum Gasteiger partial charge on any atom is -0.476 e. The zero-order valence-corrected chi connectivity index (χ0v) is 11.0. The lowest BCUT2D eigenvalue weighted by Crippen LogP contribution is -2.33. The van der Waals surface area contributed by atoms with E-state index >= 15 is 0 Å². The van der Waals surface area contributed by atoms with E-state index in [-0.39, 0.29) is 35.9 Å². The number of hydrogen-bond donors (Lipinski definition) is 3. The molecule has 3 N–H and O–H groups in total. The Morgan fingerprint density at radius 1 is 1.63 bits per heavy atom. The third kappa shape index (κ3) is 3.08. The van der Waals surface area contributed by atoms with Crippen molar-refractivity contribution in [2.75, 3.05) is 6.54 Å². The van der Waals surface area contributed by atoms with Crippen LogP contribution in [0.2, 0.25) is 0 Å². The van der Waals surface area contributed by atoms with Crippen LogP contribution in [0.1, 0.15) is 34.9 Å². The quantitative estimate of drug-likeness (QED) is 0.729. The molecule has 1 saturated heterocycles. The minimum atomic E-state index is -1.09. The molecule has 0 radical (unpaired) electrons. The number of carbonyl (C=O) groups excluding carboxylic acids is 2. The number of thiazole rings is 1. The molecule has 1 aliphatic heterocycles. The van der Waals surface area contributed by atoms with Crippen LogP contribution >= 0.6 is 11.3 Å². The van der Waals surface area contributed by atoms with Crippen molar-refractivity contribution in [2.45, 2.75) is 19.4 Å². The lowest BCUT2D eigenvalue weighted by Gasteiger charge is -2.13. The van der Waals surface area contributed by atoms with E-state index in [4.69, 9.17) is 5.11 Å². The fourth-order valence-corrected chi connectivity index (χ4v) is 2.57. The third-order valence-corrected chi connectivity index (χ3v) is 3.85. The van der Waals surface area contributed by atoms with E-state index in [1.54, 1.807) is 6.92 Å². The lowest BCUT2D eigenvalue weighted by molar-refractivity contribution is -0.127. The summed E-state index contributed by atoms with van der Waals surface area (Å²) in [7, 11) is 0. The van der Waals surface area contributed by atoms with Crippen LogP contribution in [-0.4, -0.2) is 34.4 Å². The van der Waals surface area contributed by atoms with Crippen molar-refractivity contribution in [1.82, 2.24) is 15.6 Å². The largest absolute Gasteiger partial charge is 0.476 e. The molecule has 0 bridgehead atoms. The van der Waals surface area contributed by atoms with Crippen molar-refractivity contribution in [3.05, 3.63) is 16.1 Å². The molecule has 0 aromatic carbocycles. The van der Waals surface area contributed by atoms with Gasteiger partial charge in [0, 0.05) is 18.3 Å². The van der Waals surface area contributed by atoms with Crippen LogP contribution in [0.5, 0.6) is 0 Å². The highest BCUT2D eigenvalue weighted by atomic mass is 32.1. The number of aromatic nitrogens is 1. The SMILES string of the molecule is CC(NC(=O)C1CNC(=O)C1)c1nc(C(=O)O)cs1. The summed E-state index contributed by atoms with van der Waals surface area (Å²) in [5.74, 6) is -1.81. The molecule has 2 rings (SSSR count). The molecule has 0 spiro atoms. The number of carboxylic acids is 1. The van der Waals surface area contributed by atoms with E-state index in [0.717, 1.165) is 0 Å². The zero-order chi connectivity index (χ0) is 14.0. The summed E-state index contributed by atoms with van der Waals surface area (Å²) in [5.41, 5.74) is -0.0289. The van der Waals surface area contributed by atoms with E-state index < -0.39 is 5.97 Å². The normalized spacial score (nSPS) is 19.8. The van der Waals surface area contributed by atoms with Gasteiger partial charge in [0.15, 0.2) is 5.69 Å². The van der Waals surface area contributed by atoms with Crippen molar-refractivity contribution < 1.29 is 19.5 Å². The zero-order valence-electron chi connectivity index (χ0n) is 10.2. The summed E-state index contributed by atoms with van der Waals surface area (Å²) < 4.78 is 0. The molecule has 7 nitrogen and oxygen atoms in total. The Morgan fingerprint density at radius 3 is 2.89 bits per heavy atom. The first kappa shape index (κ1) is 13.5. The van der Waals surface area contributed by atoms with Crippen LogP contribution in [0.4, 0.5) is 0 Å². The molecule has 2 amide bonds. The highest BCUT2D eigenvalue weighted by Gasteiger charge is 2.29. The molecule has 1 fully saturated rings. The number of aromatic carboxylic acids is 1. The van der Waals surface area contributed by atoms with Crippen LogP contribution < -0.4 is 10.6 Å². The molecular weight excluding hydrogens is 270 g/mol. The summed E-state index contributed by atoms with van der Waals surface area (Å²) in [6.45, 7) is 2.07. The first-order chi connectivity index (χ1) is 8.97. The van der Waals surface area contributed by atoms with E-state index in [2.05, 4.69) is 15.6 Å². The second-order valence-corrected chi connectivity index (χ2v) is 5.20. The monoisotopic (exact) mass is 283 g/mol. The number of hydrogen-bond acceptors (Lipinski definition) is 5. The van der Waals surface area contributed by atoms with Crippen LogP contribution in [0.15, 0.2) is 5.38 Å². The van der Waals surface area contributed by atoms with Gasteiger partial charge in [0.2, 0.25) is 11.8 Å². The topological polar surface area (TPSA) is 108 Å². The molecular formula is C11H13N3O4S. The second-order valence-electron chi connectivity index (χ2n) is 4.31. The van der Waals surface area contributed by atoms with Crippen molar-refractivity contribution in [3.63, 3.8) is 0 Å². The van der Waals surface area contributed by atoms with Crippen LogP contribution in [-0.2, 0) is 9.59 Å². The van der Waals surface area contributed by atoms with E-state index in [1.165, 1.54) is 16.7 Å². The Morgan fingerprint density at radius 2 is 2.37 bits per heavy atom. The van der Waals surface area contributed by atoms with Crippen LogP contribution in [0.25, 0.3) is 0 Å². The first-order valence-corrected chi connectivity index (χ1v) is 6.61. The summed E-state index contributed by atoms with van der Waals surface area (Å²) in [5, 5.41) is 16.1. The third-order valence-electron chi connectivity index (χ3n) is 2.82. The molecule has 8 heteroatoms. The van der Waals surface area contributed by atoms with Gasteiger partial charge >= 0.3 is 5.97 Å². The van der Waals surface area contributed by atoms with Gasteiger partial charge in [0.25, 0.3) is 0 Å². The van der Waals surface area contributed by atoms with Crippen molar-refractivity contribution >= 4 is 29.1 Å². The van der Waals surface area contributed by atoms with Crippen LogP contribution in [0, 0.1) is 5.92 Å². The first-order valence-electron chi connectivity index (χ1n) is 5.73. The molecule has 102 valence electrons. The second kappa shape index (κ2) is 5.35. The molecule has 2 unspecified atom stereocenters. The van der Waals surface area contributed by atoms with Gasteiger partial charge in [0.1, 0.15) is 5.01 Å². The molecule has 1 aromatic heterocycles. The van der Waals surface area contributed by atoms with Crippen molar-refractivity contribution in [2.24, 2.45) is 5.92 Å². The van der Waals surface area contributed by atoms with Gasteiger partial charge in [-0.05, 0) is 6.92 Å². The summed E-state index contributed by atoms with van der Waals surface area (Å²) in [4.78, 5) is 37.5. The fraction of sp³-hybridized carbons (Fsp3) is 0.455. The standard InChI is InChI=1S/C11H13N3O4S/c1-5(10-14-7(4-19-10)11(17)18)13-9(16)6-2-8(15)12-3-6/h4-6H,2-3H2,1H3,(H,12,15)(H,13,16)(H,17,18). The van der Waals surface area contributed by atoms with Gasteiger partial charge in [-0.2, -0.15) is 0 Å². The highest BCUT2D eigenvalue weighted by molar-refractivity contribution is 7.09. The van der Waals surface area contributed by atoms with E-state index in [1.807, 2.05) is 0 Å². The van der Waals surface area contributed by atoms with Gasteiger partial charge in [-0.1, -0.05) is 0 Å². The number of amides is 2. The Kier molecular flexibility index (Phi) is 3.79. The number of rotatable bonds is 4. The van der Waals surface area contributed by atoms with Gasteiger partial charge in [0.05, 0.1) is 12.0 Å². The summed E-state index contributed by atoms with van der Waals surface area (Å²) >= 11 is 1.18. The van der Waals surface area contributed by atoms with E-state index in [9.17, 15) is 14.4 Å². The molecule has 0 saturated carbocycles. The highest BCUT2D eigenvalue weighted by Crippen LogP contribution is 2.19. The van der Waals surface area contributed by atoms with E-state index in [0.29, 0.717) is 11.6 Å². The van der Waals surface area contributed by atoms with Crippen LogP contribution in [0.3, 0.4) is 0 Å². The van der Waals surface area contributed by atoms with Gasteiger partial charge < -0.3 is 15.7 Å². The maximum Gasteiger partial charge on any atom is 0.355 e. The summed E-state index contributed by atoms with van der Waals surface area (Å²) in [6.07, 6.45) is 0.191. The smallest absolute Gasteiger partial charge is 0.355 e. The predicted octanol–water partition coefficient (Wildman–Crippen LogP) is 0.155. The molecule has 1 aromatic rings. The van der Waals surface area contributed by atoms with Gasteiger partial charge in [-0.3, -0.25) is 9.59 Å². The molecule has 2 heterocycles. The molecule has 0 aliphatic carbocycles. The lowest BCUT2D eigenvalue weighted by atomic mass is 10.1. The molecule has 1 aliphatic rings. The Bertz CT molecular complexity index is 528. The average Bonchev–Trinajstić information content (AvgIpc) is 2.96. The fourth-order valence-electron chi connectivity index (χ4n) is 1.77. The summed E-state index contributed by atoms with van der Waals surface area (Å²) in [6, 6.07) is -0.374. The maximum atomic E-state index is 11.9. The minimum absolute atomic E-state index is 0.0289. The maximum absolute atomic E-state index is 11.9. The van der Waals surface area contributed by atoms with Gasteiger partial charge in [-0.25, -0.2) is 9.78 Å². The Balaban J connectivity index is 1.96. The Labute approximate surface area is 113 Å². The average molecular weight is 283 g/mol. The molecule has 2 atom stereocenters. The molecule has 19 heavy (non-hydrogen) atoms.